The van der Waals surface area contributed by atoms with Crippen LogP contribution in [0.5, 0.6) is 5.75 Å². The molecule has 1 amide bonds. The predicted molar refractivity (Wildman–Crippen MR) is 95.1 cm³/mol. The van der Waals surface area contributed by atoms with Crippen LogP contribution in [0, 0.1) is 5.82 Å². The molecule has 26 heavy (non-hydrogen) atoms. The van der Waals surface area contributed by atoms with Crippen LogP contribution < -0.4 is 10.1 Å². The third-order valence-electron chi connectivity index (χ3n) is 3.40. The normalized spacial score (nSPS) is 13.8. The molecule has 2 aromatic rings. The molecule has 1 unspecified atom stereocenters. The molecule has 1 N–H and O–H groups in total. The van der Waals surface area contributed by atoms with E-state index in [1.165, 1.54) is 37.3 Å². The standard InChI is InChI=1S/C17H15ClF4NO2P/c1-16(26,9-25-12-5-2-10(19)3-6-12)15(24)23-11-4-7-14(18)13(8-11)17(20,21)22/h2-8H,9,26H2,1H3,(H,23,24)/t16-/m0/s1. The van der Waals surface area contributed by atoms with Crippen LogP contribution in [0.3, 0.4) is 0 Å². The molecule has 2 aromatic carbocycles. The van der Waals surface area contributed by atoms with Crippen LogP contribution in [0.25, 0.3) is 0 Å². The Labute approximate surface area is 154 Å². The van der Waals surface area contributed by atoms with Gasteiger partial charge in [-0.25, -0.2) is 4.39 Å². The molecule has 0 aliphatic heterocycles. The van der Waals surface area contributed by atoms with Crippen LogP contribution >= 0.6 is 20.8 Å². The first-order valence-corrected chi connectivity index (χ1v) is 8.30. The van der Waals surface area contributed by atoms with Gasteiger partial charge in [-0.15, -0.1) is 9.24 Å². The van der Waals surface area contributed by atoms with Crippen molar-refractivity contribution in [3.05, 3.63) is 58.9 Å². The summed E-state index contributed by atoms with van der Waals surface area (Å²) in [6.07, 6.45) is -4.63. The lowest BCUT2D eigenvalue weighted by Gasteiger charge is -2.24. The van der Waals surface area contributed by atoms with Crippen molar-refractivity contribution in [1.82, 2.24) is 0 Å². The van der Waals surface area contributed by atoms with E-state index in [9.17, 15) is 22.4 Å². The second-order valence-electron chi connectivity index (χ2n) is 5.81. The number of amides is 1. The highest BCUT2D eigenvalue weighted by atomic mass is 35.5. The minimum Gasteiger partial charge on any atom is -0.492 e. The van der Waals surface area contributed by atoms with Crippen molar-refractivity contribution >= 4 is 32.4 Å². The Morgan fingerprint density at radius 3 is 2.38 bits per heavy atom. The van der Waals surface area contributed by atoms with Gasteiger partial charge in [0.15, 0.2) is 0 Å². The number of alkyl halides is 3. The molecule has 0 spiro atoms. The highest BCUT2D eigenvalue weighted by Gasteiger charge is 2.34. The van der Waals surface area contributed by atoms with Crippen molar-refractivity contribution in [2.75, 3.05) is 11.9 Å². The van der Waals surface area contributed by atoms with Gasteiger partial charge in [0, 0.05) is 5.69 Å². The summed E-state index contributed by atoms with van der Waals surface area (Å²) in [7, 11) is 2.29. The summed E-state index contributed by atoms with van der Waals surface area (Å²) in [6.45, 7) is 1.45. The van der Waals surface area contributed by atoms with Gasteiger partial charge in [0.1, 0.15) is 18.2 Å². The zero-order valence-corrected chi connectivity index (χ0v) is 15.4. The van der Waals surface area contributed by atoms with Crippen molar-refractivity contribution in [3.8, 4) is 5.75 Å². The van der Waals surface area contributed by atoms with Crippen LogP contribution in [0.4, 0.5) is 23.2 Å². The van der Waals surface area contributed by atoms with E-state index in [1.807, 2.05) is 0 Å². The largest absolute Gasteiger partial charge is 0.492 e. The van der Waals surface area contributed by atoms with Gasteiger partial charge in [-0.2, -0.15) is 13.2 Å². The Morgan fingerprint density at radius 1 is 1.19 bits per heavy atom. The molecule has 0 aliphatic carbocycles. The maximum absolute atomic E-state index is 12.9. The third kappa shape index (κ3) is 5.32. The summed E-state index contributed by atoms with van der Waals surface area (Å²) in [4.78, 5) is 12.4. The van der Waals surface area contributed by atoms with Crippen molar-refractivity contribution in [3.63, 3.8) is 0 Å². The molecule has 0 saturated carbocycles. The van der Waals surface area contributed by atoms with Gasteiger partial charge in [-0.3, -0.25) is 4.79 Å². The summed E-state index contributed by atoms with van der Waals surface area (Å²) < 4.78 is 57.0. The number of benzene rings is 2. The number of halogens is 5. The Morgan fingerprint density at radius 2 is 1.81 bits per heavy atom. The molecule has 2 rings (SSSR count). The molecule has 2 atom stereocenters. The van der Waals surface area contributed by atoms with Crippen LogP contribution in [-0.2, 0) is 11.0 Å². The van der Waals surface area contributed by atoms with Crippen molar-refractivity contribution < 1.29 is 27.1 Å². The molecule has 0 aromatic heterocycles. The fraction of sp³-hybridized carbons (Fsp3) is 0.235. The second-order valence-corrected chi connectivity index (χ2v) is 7.49. The average Bonchev–Trinajstić information content (AvgIpc) is 2.55. The number of ether oxygens (including phenoxy) is 1. The SMILES string of the molecule is C[C@](P)(COc1ccc(F)cc1)C(=O)Nc1ccc(Cl)c(C(F)(F)F)c1. The number of hydrogen-bond donors (Lipinski definition) is 1. The molecule has 0 bridgehead atoms. The maximum atomic E-state index is 12.9. The highest BCUT2D eigenvalue weighted by molar-refractivity contribution is 7.21. The molecule has 0 heterocycles. The molecule has 0 fully saturated rings. The molecule has 0 aliphatic rings. The molecular formula is C17H15ClF4NO2P. The smallest absolute Gasteiger partial charge is 0.417 e. The molecule has 140 valence electrons. The van der Waals surface area contributed by atoms with Crippen molar-refractivity contribution in [2.24, 2.45) is 0 Å². The Bertz CT molecular complexity index is 794. The lowest BCUT2D eigenvalue weighted by atomic mass is 10.1. The Balaban J connectivity index is 2.06. The number of anilines is 1. The van der Waals surface area contributed by atoms with E-state index in [1.54, 1.807) is 0 Å². The molecular weight excluding hydrogens is 393 g/mol. The molecule has 0 radical (unpaired) electrons. The van der Waals surface area contributed by atoms with Gasteiger partial charge in [0.25, 0.3) is 0 Å². The third-order valence-corrected chi connectivity index (χ3v) is 4.16. The highest BCUT2D eigenvalue weighted by Crippen LogP contribution is 2.36. The summed E-state index contributed by atoms with van der Waals surface area (Å²) in [6, 6.07) is 8.34. The van der Waals surface area contributed by atoms with E-state index >= 15 is 0 Å². The maximum Gasteiger partial charge on any atom is 0.417 e. The van der Waals surface area contributed by atoms with Gasteiger partial charge in [-0.1, -0.05) is 11.6 Å². The summed E-state index contributed by atoms with van der Waals surface area (Å²) in [5.41, 5.74) is -1.08. The van der Waals surface area contributed by atoms with Crippen LogP contribution in [0.15, 0.2) is 42.5 Å². The van der Waals surface area contributed by atoms with E-state index in [2.05, 4.69) is 14.6 Å². The van der Waals surface area contributed by atoms with Gasteiger partial charge in [-0.05, 0) is 49.4 Å². The van der Waals surface area contributed by atoms with Gasteiger partial charge >= 0.3 is 6.18 Å². The van der Waals surface area contributed by atoms with Crippen LogP contribution in [0.1, 0.15) is 12.5 Å². The first-order chi connectivity index (χ1) is 12.0. The molecule has 0 saturated heterocycles. The first-order valence-electron chi connectivity index (χ1n) is 7.34. The van der Waals surface area contributed by atoms with Gasteiger partial charge in [0.2, 0.25) is 5.91 Å². The minimum absolute atomic E-state index is 0.0396. The monoisotopic (exact) mass is 407 g/mol. The summed E-state index contributed by atoms with van der Waals surface area (Å²) in [5, 5.41) is 0.822. The van der Waals surface area contributed by atoms with Crippen molar-refractivity contribution in [2.45, 2.75) is 18.3 Å². The fourth-order valence-corrected chi connectivity index (χ4v) is 2.30. The second kappa shape index (κ2) is 7.80. The molecule has 9 heteroatoms. The average molecular weight is 408 g/mol. The fourth-order valence-electron chi connectivity index (χ4n) is 1.92. The zero-order valence-electron chi connectivity index (χ0n) is 13.5. The van der Waals surface area contributed by atoms with E-state index in [0.717, 1.165) is 12.1 Å². The van der Waals surface area contributed by atoms with Crippen molar-refractivity contribution in [1.29, 1.82) is 0 Å². The number of hydrogen-bond acceptors (Lipinski definition) is 2. The Hall–Kier alpha value is -1.85. The van der Waals surface area contributed by atoms with E-state index in [0.29, 0.717) is 5.75 Å². The Kier molecular flexibility index (Phi) is 6.14. The predicted octanol–water partition coefficient (Wildman–Crippen LogP) is 5.15. The van der Waals surface area contributed by atoms with Gasteiger partial charge in [0.05, 0.1) is 15.7 Å². The van der Waals surface area contributed by atoms with Gasteiger partial charge < -0.3 is 10.1 Å². The van der Waals surface area contributed by atoms with Crippen LogP contribution in [-0.4, -0.2) is 17.7 Å². The summed E-state index contributed by atoms with van der Waals surface area (Å²) in [5.74, 6) is -0.634. The quantitative estimate of drug-likeness (QED) is 0.550. The van der Waals surface area contributed by atoms with E-state index < -0.39 is 33.6 Å². The number of carbonyl (C=O) groups is 1. The zero-order chi connectivity index (χ0) is 19.5. The number of carbonyl (C=O) groups excluding carboxylic acids is 1. The van der Waals surface area contributed by atoms with E-state index in [4.69, 9.17) is 16.3 Å². The lowest BCUT2D eigenvalue weighted by Crippen LogP contribution is -2.39. The number of nitrogens with one attached hydrogen (secondary N) is 1. The number of rotatable bonds is 5. The first kappa shape index (κ1) is 20.5. The topological polar surface area (TPSA) is 38.3 Å². The van der Waals surface area contributed by atoms with Crippen LogP contribution in [0.2, 0.25) is 5.02 Å². The molecule has 3 nitrogen and oxygen atoms in total. The minimum atomic E-state index is -4.63. The summed E-state index contributed by atoms with van der Waals surface area (Å²) >= 11 is 5.55. The van der Waals surface area contributed by atoms with E-state index in [-0.39, 0.29) is 12.3 Å². The lowest BCUT2D eigenvalue weighted by molar-refractivity contribution is -0.137.